The third-order valence-electron chi connectivity index (χ3n) is 7.34. The molecule has 0 spiro atoms. The maximum atomic E-state index is 13.7. The average molecular weight is 511 g/mol. The minimum Gasteiger partial charge on any atom is -0.465 e. The van der Waals surface area contributed by atoms with Crippen LogP contribution in [0.25, 0.3) is 0 Å². The minimum atomic E-state index is -1.48. The normalized spacial score (nSPS) is 20.3. The predicted molar refractivity (Wildman–Crippen MR) is 135 cm³/mol. The first-order chi connectivity index (χ1) is 17.6. The lowest BCUT2D eigenvalue weighted by molar-refractivity contribution is -0.141. The van der Waals surface area contributed by atoms with Crippen molar-refractivity contribution < 1.29 is 28.7 Å². The van der Waals surface area contributed by atoms with Gasteiger partial charge in [0.25, 0.3) is 0 Å². The number of hydrogen-bond donors (Lipinski definition) is 3. The van der Waals surface area contributed by atoms with E-state index in [1.54, 1.807) is 36.1 Å². The van der Waals surface area contributed by atoms with Crippen molar-refractivity contribution in [2.24, 2.45) is 0 Å². The summed E-state index contributed by atoms with van der Waals surface area (Å²) in [4.78, 5) is 52.8. The Morgan fingerprint density at radius 1 is 1.08 bits per heavy atom. The van der Waals surface area contributed by atoms with Gasteiger partial charge in [0.2, 0.25) is 11.8 Å². The van der Waals surface area contributed by atoms with Crippen molar-refractivity contribution in [3.05, 3.63) is 64.5 Å². The molecule has 2 aliphatic rings. The van der Waals surface area contributed by atoms with Crippen LogP contribution >= 0.6 is 0 Å². The summed E-state index contributed by atoms with van der Waals surface area (Å²) >= 11 is 0. The Kier molecular flexibility index (Phi) is 7.47. The fourth-order valence-electron chi connectivity index (χ4n) is 5.51. The van der Waals surface area contributed by atoms with Crippen LogP contribution in [-0.2, 0) is 16.0 Å². The van der Waals surface area contributed by atoms with Crippen LogP contribution in [0.4, 0.5) is 19.7 Å². The van der Waals surface area contributed by atoms with Gasteiger partial charge in [-0.15, -0.1) is 0 Å². The Morgan fingerprint density at radius 3 is 2.49 bits per heavy atom. The van der Waals surface area contributed by atoms with Crippen LogP contribution < -0.4 is 10.6 Å². The summed E-state index contributed by atoms with van der Waals surface area (Å²) in [6, 6.07) is 8.76. The predicted octanol–water partition coefficient (Wildman–Crippen LogP) is 4.17. The monoisotopic (exact) mass is 510 g/mol. The van der Waals surface area contributed by atoms with Crippen molar-refractivity contribution in [2.45, 2.75) is 57.5 Å². The molecule has 10 heteroatoms. The molecule has 2 aromatic rings. The quantitative estimate of drug-likeness (QED) is 0.558. The van der Waals surface area contributed by atoms with Crippen molar-refractivity contribution >= 4 is 29.6 Å². The van der Waals surface area contributed by atoms with Gasteiger partial charge in [-0.05, 0) is 86.1 Å². The van der Waals surface area contributed by atoms with Gasteiger partial charge in [0.1, 0.15) is 12.4 Å². The number of halogens is 1. The van der Waals surface area contributed by atoms with Gasteiger partial charge in [0.05, 0.1) is 12.0 Å². The van der Waals surface area contributed by atoms with Gasteiger partial charge in [0.15, 0.2) is 0 Å². The molecule has 2 unspecified atom stereocenters. The Hall–Kier alpha value is -3.95. The summed E-state index contributed by atoms with van der Waals surface area (Å²) in [6.07, 6.45) is 0.865. The lowest BCUT2D eigenvalue weighted by Crippen LogP contribution is -2.48. The number of anilines is 1. The molecule has 0 bridgehead atoms. The number of benzene rings is 2. The van der Waals surface area contributed by atoms with Gasteiger partial charge in [0, 0.05) is 18.8 Å². The van der Waals surface area contributed by atoms with Gasteiger partial charge < -0.3 is 20.6 Å². The zero-order valence-corrected chi connectivity index (χ0v) is 21.1. The number of aryl methyl sites for hydroxylation is 2. The topological polar surface area (TPSA) is 119 Å². The Bertz CT molecular complexity index is 1250. The first kappa shape index (κ1) is 26.1. The molecule has 1 heterocycles. The highest BCUT2D eigenvalue weighted by molar-refractivity contribution is 5.99. The number of urea groups is 1. The van der Waals surface area contributed by atoms with Crippen LogP contribution in [0.15, 0.2) is 36.4 Å². The second-order valence-electron chi connectivity index (χ2n) is 9.66. The summed E-state index contributed by atoms with van der Waals surface area (Å²) in [7, 11) is 1.51. The molecule has 1 aliphatic heterocycles. The molecule has 1 fully saturated rings. The number of carbonyl (C=O) groups is 4. The number of fused-ring (bicyclic) bond motifs is 1. The molecular formula is C27H31FN4O5. The molecule has 1 saturated heterocycles. The van der Waals surface area contributed by atoms with Crippen LogP contribution in [0.3, 0.4) is 0 Å². The molecule has 0 aromatic heterocycles. The molecule has 37 heavy (non-hydrogen) atoms. The van der Waals surface area contributed by atoms with E-state index in [4.69, 9.17) is 0 Å². The summed E-state index contributed by atoms with van der Waals surface area (Å²) in [5, 5.41) is 15.0. The molecule has 4 rings (SSSR count). The highest BCUT2D eigenvalue weighted by Crippen LogP contribution is 2.39. The lowest BCUT2D eigenvalue weighted by atomic mass is 9.98. The summed E-state index contributed by atoms with van der Waals surface area (Å²) in [5.41, 5.74) is 3.65. The van der Waals surface area contributed by atoms with Crippen molar-refractivity contribution in [3.8, 4) is 0 Å². The van der Waals surface area contributed by atoms with E-state index in [0.717, 1.165) is 23.1 Å². The summed E-state index contributed by atoms with van der Waals surface area (Å²) < 4.78 is 13.7. The van der Waals surface area contributed by atoms with Crippen molar-refractivity contribution in [1.29, 1.82) is 0 Å². The van der Waals surface area contributed by atoms with Crippen LogP contribution in [0.1, 0.15) is 60.4 Å². The van der Waals surface area contributed by atoms with Crippen molar-refractivity contribution in [2.75, 3.05) is 18.9 Å². The second kappa shape index (κ2) is 10.6. The Morgan fingerprint density at radius 2 is 1.81 bits per heavy atom. The maximum Gasteiger partial charge on any atom is 0.414 e. The van der Waals surface area contributed by atoms with Gasteiger partial charge in [-0.3, -0.25) is 9.59 Å². The van der Waals surface area contributed by atoms with Gasteiger partial charge >= 0.3 is 12.1 Å². The smallest absolute Gasteiger partial charge is 0.414 e. The van der Waals surface area contributed by atoms with Gasteiger partial charge in [-0.1, -0.05) is 12.1 Å². The molecule has 2 aromatic carbocycles. The van der Waals surface area contributed by atoms with Crippen LogP contribution in [0.2, 0.25) is 0 Å². The van der Waals surface area contributed by atoms with E-state index in [1.165, 1.54) is 19.2 Å². The number of hydrogen-bond acceptors (Lipinski definition) is 4. The first-order valence-corrected chi connectivity index (χ1v) is 12.3. The number of likely N-dealkylation sites (tertiary alicyclic amines) is 1. The molecule has 5 amide bonds. The van der Waals surface area contributed by atoms with E-state index < -0.39 is 30.4 Å². The summed E-state index contributed by atoms with van der Waals surface area (Å²) in [6.45, 7) is 3.09. The molecule has 0 saturated carbocycles. The summed E-state index contributed by atoms with van der Waals surface area (Å²) in [5.74, 6) is -2.16. The van der Waals surface area contributed by atoms with E-state index in [2.05, 4.69) is 10.6 Å². The molecule has 0 radical (unpaired) electrons. The number of imide groups is 1. The molecular weight excluding hydrogens is 479 g/mol. The minimum absolute atomic E-state index is 0.147. The fraction of sp³-hybridized carbons (Fsp3) is 0.407. The SMILES string of the molecule is CNC(=O)Nc1ccc2c(c1)CC[C@@H]2C(=O)N(CC(=O)N1C(C)CCC1c1ccc(F)cc1C)C(=O)O. The number of rotatable bonds is 5. The maximum absolute atomic E-state index is 13.7. The van der Waals surface area contributed by atoms with Crippen LogP contribution in [0, 0.1) is 12.7 Å². The zero-order chi connectivity index (χ0) is 26.9. The number of nitrogens with one attached hydrogen (secondary N) is 2. The Balaban J connectivity index is 1.53. The number of carboxylic acid groups (broad SMARTS) is 1. The third kappa shape index (κ3) is 5.28. The van der Waals surface area contributed by atoms with E-state index in [-0.39, 0.29) is 23.9 Å². The number of carbonyl (C=O) groups excluding carboxylic acids is 3. The number of nitrogens with zero attached hydrogens (tertiary/aromatic N) is 2. The Labute approximate surface area is 214 Å². The van der Waals surface area contributed by atoms with E-state index in [0.29, 0.717) is 35.4 Å². The molecule has 3 N–H and O–H groups in total. The van der Waals surface area contributed by atoms with Crippen molar-refractivity contribution in [1.82, 2.24) is 15.1 Å². The number of amides is 5. The van der Waals surface area contributed by atoms with E-state index in [9.17, 15) is 28.7 Å². The molecule has 9 nitrogen and oxygen atoms in total. The van der Waals surface area contributed by atoms with Gasteiger partial charge in [-0.2, -0.15) is 0 Å². The average Bonchev–Trinajstić information content (AvgIpc) is 3.45. The largest absolute Gasteiger partial charge is 0.465 e. The highest BCUT2D eigenvalue weighted by Gasteiger charge is 2.40. The highest BCUT2D eigenvalue weighted by atomic mass is 19.1. The van der Waals surface area contributed by atoms with Crippen LogP contribution in [0.5, 0.6) is 0 Å². The molecule has 1 aliphatic carbocycles. The fourth-order valence-corrected chi connectivity index (χ4v) is 5.51. The third-order valence-corrected chi connectivity index (χ3v) is 7.34. The first-order valence-electron chi connectivity index (χ1n) is 12.3. The molecule has 3 atom stereocenters. The standard InChI is InChI=1S/C27H31FN4O5/c1-15-12-18(28)6-9-20(15)23-11-4-16(2)32(23)24(33)14-31(27(36)37)25(34)22-8-5-17-13-19(7-10-21(17)22)30-26(35)29-3/h6-7,9-10,12-13,16,22-23H,4-5,8,11,14H2,1-3H3,(H,36,37)(H2,29,30,35)/t16?,22-,23?/m0/s1. The van der Waals surface area contributed by atoms with E-state index >= 15 is 0 Å². The molecule has 196 valence electrons. The lowest BCUT2D eigenvalue weighted by Gasteiger charge is -2.32. The van der Waals surface area contributed by atoms with E-state index in [1.807, 2.05) is 6.92 Å². The van der Waals surface area contributed by atoms with Gasteiger partial charge in [-0.25, -0.2) is 18.9 Å². The zero-order valence-electron chi connectivity index (χ0n) is 21.1. The van der Waals surface area contributed by atoms with Crippen LogP contribution in [-0.4, -0.2) is 58.5 Å². The van der Waals surface area contributed by atoms with Crippen molar-refractivity contribution in [3.63, 3.8) is 0 Å². The second-order valence-corrected chi connectivity index (χ2v) is 9.66.